The van der Waals surface area contributed by atoms with Crippen LogP contribution in [-0.2, 0) is 4.74 Å². The first kappa shape index (κ1) is 22.5. The highest BCUT2D eigenvalue weighted by molar-refractivity contribution is 5.69. The van der Waals surface area contributed by atoms with Gasteiger partial charge < -0.3 is 19.7 Å². The molecule has 1 saturated carbocycles. The third-order valence-corrected chi connectivity index (χ3v) is 6.38. The zero-order valence-electron chi connectivity index (χ0n) is 20.5. The average Bonchev–Trinajstić information content (AvgIpc) is 3.26. The Labute approximate surface area is 200 Å². The second-order valence-corrected chi connectivity index (χ2v) is 10.7. The first-order chi connectivity index (χ1) is 16.1. The Morgan fingerprint density at radius 1 is 1.24 bits per heavy atom. The molecule has 3 aromatic rings. The Bertz CT molecular complexity index is 1210. The zero-order chi connectivity index (χ0) is 24.1. The van der Waals surface area contributed by atoms with E-state index >= 15 is 0 Å². The smallest absolute Gasteiger partial charge is 0.410 e. The number of ether oxygens (including phenoxy) is 2. The molecule has 5 rings (SSSR count). The predicted molar refractivity (Wildman–Crippen MR) is 131 cm³/mol. The zero-order valence-corrected chi connectivity index (χ0v) is 20.5. The summed E-state index contributed by atoms with van der Waals surface area (Å²) >= 11 is 0. The van der Waals surface area contributed by atoms with Crippen LogP contribution in [0.15, 0.2) is 42.7 Å². The van der Waals surface area contributed by atoms with Crippen molar-refractivity contribution >= 4 is 17.6 Å². The maximum Gasteiger partial charge on any atom is 0.410 e. The number of aromatic nitrogens is 3. The van der Waals surface area contributed by atoms with Crippen LogP contribution in [0, 0.1) is 5.41 Å². The molecule has 1 spiro atoms. The van der Waals surface area contributed by atoms with Crippen LogP contribution in [-0.4, -0.2) is 56.2 Å². The number of hydrogen-bond acceptors (Lipinski definition) is 6. The lowest BCUT2D eigenvalue weighted by molar-refractivity contribution is 0.0285. The number of imidazole rings is 1. The number of fused-ring (bicyclic) bond motifs is 1. The Hall–Kier alpha value is -3.29. The molecule has 1 aliphatic heterocycles. The maximum atomic E-state index is 12.6. The van der Waals surface area contributed by atoms with E-state index in [9.17, 15) is 4.79 Å². The molecule has 34 heavy (non-hydrogen) atoms. The predicted octanol–water partition coefficient (Wildman–Crippen LogP) is 4.99. The molecule has 1 amide bonds. The van der Waals surface area contributed by atoms with E-state index in [4.69, 9.17) is 14.5 Å². The number of hydrogen-bond donors (Lipinski definition) is 1. The minimum atomic E-state index is -0.495. The number of anilines is 1. The van der Waals surface area contributed by atoms with Gasteiger partial charge in [0, 0.05) is 30.8 Å². The van der Waals surface area contributed by atoms with Gasteiger partial charge in [0.05, 0.1) is 29.7 Å². The van der Waals surface area contributed by atoms with Gasteiger partial charge in [0.2, 0.25) is 0 Å². The first-order valence-corrected chi connectivity index (χ1v) is 12.0. The van der Waals surface area contributed by atoms with Crippen LogP contribution in [0.4, 0.5) is 10.6 Å². The lowest BCUT2D eigenvalue weighted by Gasteiger charge is -2.24. The number of pyridine rings is 2. The van der Waals surface area contributed by atoms with E-state index in [1.165, 1.54) is 0 Å². The van der Waals surface area contributed by atoms with E-state index in [2.05, 4.69) is 10.3 Å². The Balaban J connectivity index is 1.34. The molecule has 8 nitrogen and oxygen atoms in total. The summed E-state index contributed by atoms with van der Waals surface area (Å²) in [4.78, 5) is 23.9. The van der Waals surface area contributed by atoms with E-state index in [0.717, 1.165) is 48.0 Å². The quantitative estimate of drug-likeness (QED) is 0.574. The molecule has 0 aromatic carbocycles. The van der Waals surface area contributed by atoms with Crippen LogP contribution >= 0.6 is 0 Å². The van der Waals surface area contributed by atoms with Crippen molar-refractivity contribution in [2.75, 3.05) is 18.4 Å². The van der Waals surface area contributed by atoms with Gasteiger partial charge in [0.15, 0.2) is 0 Å². The highest BCUT2D eigenvalue weighted by Gasteiger charge is 2.56. The Morgan fingerprint density at radius 3 is 2.74 bits per heavy atom. The molecule has 8 heteroatoms. The van der Waals surface area contributed by atoms with Crippen LogP contribution in [0.3, 0.4) is 0 Å². The molecule has 0 radical (unpaired) electrons. The summed E-state index contributed by atoms with van der Waals surface area (Å²) < 4.78 is 13.4. The van der Waals surface area contributed by atoms with Crippen LogP contribution < -0.4 is 10.1 Å². The molecule has 180 valence electrons. The van der Waals surface area contributed by atoms with Crippen molar-refractivity contribution in [2.45, 2.75) is 65.2 Å². The topological polar surface area (TPSA) is 81.0 Å². The van der Waals surface area contributed by atoms with Gasteiger partial charge in [-0.25, -0.2) is 14.8 Å². The summed E-state index contributed by atoms with van der Waals surface area (Å²) in [5.74, 6) is 1.60. The number of amides is 1. The van der Waals surface area contributed by atoms with Gasteiger partial charge in [-0.2, -0.15) is 0 Å². The molecule has 0 bridgehead atoms. The van der Waals surface area contributed by atoms with Crippen molar-refractivity contribution in [3.05, 3.63) is 42.7 Å². The van der Waals surface area contributed by atoms with Gasteiger partial charge in [0.25, 0.3) is 0 Å². The summed E-state index contributed by atoms with van der Waals surface area (Å²) in [5, 5.41) is 3.61. The SMILES string of the molecule is CC(C)Oc1ccn2c(-c3cccc(NC4CN(C(=O)OC(C)(C)C)CC45CC5)n3)cnc2c1. The molecule has 3 aromatic heterocycles. The molecule has 1 atom stereocenters. The largest absolute Gasteiger partial charge is 0.491 e. The molecule has 1 unspecified atom stereocenters. The van der Waals surface area contributed by atoms with Crippen molar-refractivity contribution in [3.8, 4) is 17.1 Å². The lowest BCUT2D eigenvalue weighted by atomic mass is 10.0. The fourth-order valence-electron chi connectivity index (χ4n) is 4.63. The third-order valence-electron chi connectivity index (χ3n) is 6.38. The fraction of sp³-hybridized carbons (Fsp3) is 0.500. The maximum absolute atomic E-state index is 12.6. The van der Waals surface area contributed by atoms with Gasteiger partial charge in [-0.1, -0.05) is 6.07 Å². The minimum absolute atomic E-state index is 0.109. The molecular weight excluding hydrogens is 430 g/mol. The van der Waals surface area contributed by atoms with Crippen molar-refractivity contribution < 1.29 is 14.3 Å². The lowest BCUT2D eigenvalue weighted by Crippen LogP contribution is -2.36. The fourth-order valence-corrected chi connectivity index (χ4v) is 4.63. The molecule has 1 N–H and O–H groups in total. The van der Waals surface area contributed by atoms with E-state index < -0.39 is 5.60 Å². The Morgan fingerprint density at radius 2 is 2.03 bits per heavy atom. The van der Waals surface area contributed by atoms with Gasteiger partial charge in [-0.15, -0.1) is 0 Å². The molecule has 4 heterocycles. The van der Waals surface area contributed by atoms with Gasteiger partial charge in [-0.3, -0.25) is 4.40 Å². The molecule has 1 saturated heterocycles. The van der Waals surface area contributed by atoms with E-state index in [1.54, 1.807) is 0 Å². The summed E-state index contributed by atoms with van der Waals surface area (Å²) in [6.07, 6.45) is 5.89. The van der Waals surface area contributed by atoms with E-state index in [-0.39, 0.29) is 23.7 Å². The van der Waals surface area contributed by atoms with Crippen LogP contribution in [0.2, 0.25) is 0 Å². The van der Waals surface area contributed by atoms with E-state index in [1.807, 2.05) is 86.6 Å². The monoisotopic (exact) mass is 463 g/mol. The summed E-state index contributed by atoms with van der Waals surface area (Å²) in [6, 6.07) is 10.0. The number of carbonyl (C=O) groups is 1. The second kappa shape index (κ2) is 8.18. The first-order valence-electron chi connectivity index (χ1n) is 12.0. The highest BCUT2D eigenvalue weighted by Crippen LogP contribution is 2.53. The summed E-state index contributed by atoms with van der Waals surface area (Å²) in [7, 11) is 0. The normalized spacial score (nSPS) is 19.1. The highest BCUT2D eigenvalue weighted by atomic mass is 16.6. The van der Waals surface area contributed by atoms with Gasteiger partial charge in [-0.05, 0) is 65.7 Å². The average molecular weight is 464 g/mol. The van der Waals surface area contributed by atoms with Crippen molar-refractivity contribution in [1.29, 1.82) is 0 Å². The van der Waals surface area contributed by atoms with Crippen LogP contribution in [0.1, 0.15) is 47.5 Å². The molecule has 1 aliphatic carbocycles. The second-order valence-electron chi connectivity index (χ2n) is 10.7. The van der Waals surface area contributed by atoms with Crippen LogP contribution in [0.25, 0.3) is 17.0 Å². The van der Waals surface area contributed by atoms with E-state index in [0.29, 0.717) is 6.54 Å². The van der Waals surface area contributed by atoms with Crippen molar-refractivity contribution in [2.24, 2.45) is 5.41 Å². The van der Waals surface area contributed by atoms with Crippen LogP contribution in [0.5, 0.6) is 5.75 Å². The summed E-state index contributed by atoms with van der Waals surface area (Å²) in [6.45, 7) is 11.1. The number of rotatable bonds is 5. The number of carbonyl (C=O) groups excluding carboxylic acids is 1. The number of likely N-dealkylation sites (tertiary alicyclic amines) is 1. The van der Waals surface area contributed by atoms with Gasteiger partial charge >= 0.3 is 6.09 Å². The Kier molecular flexibility index (Phi) is 5.41. The van der Waals surface area contributed by atoms with Gasteiger partial charge in [0.1, 0.15) is 22.8 Å². The molecule has 2 aliphatic rings. The standard InChI is InChI=1S/C26H33N5O3/c1-17(2)33-18-9-12-31-20(14-27-23(31)13-18)19-7-6-8-22(28-19)29-21-15-30(16-26(21)10-11-26)24(32)34-25(3,4)5/h6-9,12-14,17,21H,10-11,15-16H2,1-5H3,(H,28,29). The van der Waals surface area contributed by atoms with Crippen molar-refractivity contribution in [1.82, 2.24) is 19.3 Å². The minimum Gasteiger partial charge on any atom is -0.491 e. The summed E-state index contributed by atoms with van der Waals surface area (Å²) in [5.41, 5.74) is 2.18. The van der Waals surface area contributed by atoms with Crippen molar-refractivity contribution in [3.63, 3.8) is 0 Å². The third kappa shape index (κ3) is 4.54. The molecular formula is C26H33N5O3. The molecule has 2 fully saturated rings. The number of nitrogens with zero attached hydrogens (tertiary/aromatic N) is 4. The number of nitrogens with one attached hydrogen (secondary N) is 1.